The van der Waals surface area contributed by atoms with Gasteiger partial charge in [0.15, 0.2) is 0 Å². The van der Waals surface area contributed by atoms with Crippen molar-refractivity contribution >= 4 is 35.1 Å². The minimum atomic E-state index is -0.394. The van der Waals surface area contributed by atoms with Gasteiger partial charge in [0.05, 0.1) is 0 Å². The van der Waals surface area contributed by atoms with Gasteiger partial charge in [-0.05, 0) is 36.4 Å². The Morgan fingerprint density at radius 1 is 1.44 bits per heavy atom. The second-order valence-electron chi connectivity index (χ2n) is 3.52. The van der Waals surface area contributed by atoms with Gasteiger partial charge in [-0.3, -0.25) is 5.32 Å². The summed E-state index contributed by atoms with van der Waals surface area (Å²) in [6.45, 7) is 0. The first-order chi connectivity index (χ1) is 7.74. The van der Waals surface area contributed by atoms with Gasteiger partial charge in [0, 0.05) is 16.5 Å². The zero-order chi connectivity index (χ0) is 11.4. The van der Waals surface area contributed by atoms with E-state index < -0.39 is 6.09 Å². The van der Waals surface area contributed by atoms with E-state index in [-0.39, 0.29) is 6.10 Å². The number of halogens is 1. The minimum Gasteiger partial charge on any atom is -0.445 e. The molecule has 5 heteroatoms. The van der Waals surface area contributed by atoms with Gasteiger partial charge in [-0.25, -0.2) is 4.79 Å². The molecule has 3 nitrogen and oxygen atoms in total. The summed E-state index contributed by atoms with van der Waals surface area (Å²) in [5, 5.41) is 3.31. The lowest BCUT2D eigenvalue weighted by molar-refractivity contribution is 0.124. The van der Waals surface area contributed by atoms with Crippen LogP contribution in [0.5, 0.6) is 0 Å². The lowest BCUT2D eigenvalue weighted by Gasteiger charge is -2.11. The average molecular weight is 258 g/mol. The molecule has 1 fully saturated rings. The SMILES string of the molecule is O=C(Nc1ccc(Cl)cc1)O[C@H]1CCSC1. The predicted molar refractivity (Wildman–Crippen MR) is 67.3 cm³/mol. The highest BCUT2D eigenvalue weighted by molar-refractivity contribution is 7.99. The van der Waals surface area contributed by atoms with E-state index in [4.69, 9.17) is 16.3 Å². The van der Waals surface area contributed by atoms with Crippen LogP contribution < -0.4 is 5.32 Å². The summed E-state index contributed by atoms with van der Waals surface area (Å²) in [4.78, 5) is 11.5. The molecule has 0 saturated carbocycles. The largest absolute Gasteiger partial charge is 0.445 e. The number of carbonyl (C=O) groups excluding carboxylic acids is 1. The molecular formula is C11H12ClNO2S. The van der Waals surface area contributed by atoms with E-state index in [1.54, 1.807) is 24.3 Å². The standard InChI is InChI=1S/C11H12ClNO2S/c12-8-1-3-9(4-2-8)13-11(14)15-10-5-6-16-7-10/h1-4,10H,5-7H2,(H,13,14)/t10-/m0/s1. The predicted octanol–water partition coefficient (Wildman–Crippen LogP) is 3.39. The van der Waals surface area contributed by atoms with Crippen LogP contribution in [0.1, 0.15) is 6.42 Å². The summed E-state index contributed by atoms with van der Waals surface area (Å²) in [5.74, 6) is 1.97. The molecule has 1 atom stereocenters. The van der Waals surface area contributed by atoms with Crippen LogP contribution in [0.25, 0.3) is 0 Å². The Kier molecular flexibility index (Phi) is 3.96. The number of hydrogen-bond donors (Lipinski definition) is 1. The first-order valence-corrected chi connectivity index (χ1v) is 6.58. The monoisotopic (exact) mass is 257 g/mol. The molecule has 2 rings (SSSR count). The molecule has 0 aliphatic carbocycles. The molecule has 1 heterocycles. The number of amides is 1. The van der Waals surface area contributed by atoms with Crippen LogP contribution in [-0.4, -0.2) is 23.7 Å². The Morgan fingerprint density at radius 2 is 2.19 bits per heavy atom. The topological polar surface area (TPSA) is 38.3 Å². The quantitative estimate of drug-likeness (QED) is 0.883. The minimum absolute atomic E-state index is 0.0531. The Balaban J connectivity index is 1.84. The highest BCUT2D eigenvalue weighted by Crippen LogP contribution is 2.20. The summed E-state index contributed by atoms with van der Waals surface area (Å²) in [6.07, 6.45) is 0.603. The lowest BCUT2D eigenvalue weighted by atomic mass is 10.3. The van der Waals surface area contributed by atoms with E-state index >= 15 is 0 Å². The van der Waals surface area contributed by atoms with Crippen LogP contribution >= 0.6 is 23.4 Å². The fourth-order valence-corrected chi connectivity index (χ4v) is 2.66. The molecule has 86 valence electrons. The summed E-state index contributed by atoms with van der Waals surface area (Å²) in [5.41, 5.74) is 0.694. The zero-order valence-electron chi connectivity index (χ0n) is 8.61. The first-order valence-electron chi connectivity index (χ1n) is 5.05. The number of ether oxygens (including phenoxy) is 1. The summed E-state index contributed by atoms with van der Waals surface area (Å²) in [7, 11) is 0. The molecule has 16 heavy (non-hydrogen) atoms. The number of benzene rings is 1. The van der Waals surface area contributed by atoms with Crippen molar-refractivity contribution in [3.63, 3.8) is 0 Å². The van der Waals surface area contributed by atoms with E-state index in [9.17, 15) is 4.79 Å². The van der Waals surface area contributed by atoms with Gasteiger partial charge in [0.25, 0.3) is 0 Å². The van der Waals surface area contributed by atoms with Gasteiger partial charge < -0.3 is 4.74 Å². The molecule has 0 bridgehead atoms. The van der Waals surface area contributed by atoms with E-state index in [1.807, 2.05) is 11.8 Å². The number of anilines is 1. The van der Waals surface area contributed by atoms with Crippen molar-refractivity contribution in [2.24, 2.45) is 0 Å². The highest BCUT2D eigenvalue weighted by atomic mass is 35.5. The Labute approximate surface area is 104 Å². The first kappa shape index (κ1) is 11.6. The van der Waals surface area contributed by atoms with Crippen molar-refractivity contribution in [2.75, 3.05) is 16.8 Å². The second kappa shape index (κ2) is 5.46. The molecule has 1 aliphatic rings. The maximum Gasteiger partial charge on any atom is 0.411 e. The number of nitrogens with one attached hydrogen (secondary N) is 1. The van der Waals surface area contributed by atoms with Gasteiger partial charge in [-0.1, -0.05) is 11.6 Å². The molecule has 0 spiro atoms. The highest BCUT2D eigenvalue weighted by Gasteiger charge is 2.19. The van der Waals surface area contributed by atoms with Gasteiger partial charge in [-0.2, -0.15) is 11.8 Å². The molecule has 1 N–H and O–H groups in total. The number of thioether (sulfide) groups is 1. The summed E-state index contributed by atoms with van der Waals surface area (Å²) < 4.78 is 5.24. The maximum absolute atomic E-state index is 11.5. The van der Waals surface area contributed by atoms with Gasteiger partial charge in [0.2, 0.25) is 0 Å². The Morgan fingerprint density at radius 3 is 2.81 bits per heavy atom. The van der Waals surface area contributed by atoms with E-state index in [2.05, 4.69) is 5.32 Å². The van der Waals surface area contributed by atoms with E-state index in [0.29, 0.717) is 10.7 Å². The van der Waals surface area contributed by atoms with Crippen LogP contribution in [0.2, 0.25) is 5.02 Å². The van der Waals surface area contributed by atoms with Crippen LogP contribution in [-0.2, 0) is 4.74 Å². The Hall–Kier alpha value is -0.870. The van der Waals surface area contributed by atoms with Gasteiger partial charge >= 0.3 is 6.09 Å². The maximum atomic E-state index is 11.5. The molecule has 1 amide bonds. The molecule has 1 aromatic rings. The smallest absolute Gasteiger partial charge is 0.411 e. The van der Waals surface area contributed by atoms with E-state index in [0.717, 1.165) is 17.9 Å². The fraction of sp³-hybridized carbons (Fsp3) is 0.364. The zero-order valence-corrected chi connectivity index (χ0v) is 10.2. The molecule has 1 aliphatic heterocycles. The van der Waals surface area contributed by atoms with Crippen molar-refractivity contribution in [1.82, 2.24) is 0 Å². The van der Waals surface area contributed by atoms with Crippen molar-refractivity contribution in [2.45, 2.75) is 12.5 Å². The van der Waals surface area contributed by atoms with Crippen LogP contribution in [0.4, 0.5) is 10.5 Å². The van der Waals surface area contributed by atoms with Crippen LogP contribution in [0.3, 0.4) is 0 Å². The molecule has 0 unspecified atom stereocenters. The average Bonchev–Trinajstić information content (AvgIpc) is 2.74. The third kappa shape index (κ3) is 3.32. The number of hydrogen-bond acceptors (Lipinski definition) is 3. The van der Waals surface area contributed by atoms with Crippen molar-refractivity contribution in [3.8, 4) is 0 Å². The third-order valence-corrected chi connectivity index (χ3v) is 3.64. The third-order valence-electron chi connectivity index (χ3n) is 2.25. The molecular weight excluding hydrogens is 246 g/mol. The molecule has 0 aromatic heterocycles. The molecule has 0 radical (unpaired) electrons. The number of carbonyl (C=O) groups is 1. The Bertz CT molecular complexity index is 363. The molecule has 1 saturated heterocycles. The van der Waals surface area contributed by atoms with Gasteiger partial charge in [-0.15, -0.1) is 0 Å². The lowest BCUT2D eigenvalue weighted by Crippen LogP contribution is -2.21. The molecule has 1 aromatic carbocycles. The number of rotatable bonds is 2. The summed E-state index contributed by atoms with van der Waals surface area (Å²) in [6, 6.07) is 6.94. The van der Waals surface area contributed by atoms with Crippen LogP contribution in [0.15, 0.2) is 24.3 Å². The second-order valence-corrected chi connectivity index (χ2v) is 5.11. The van der Waals surface area contributed by atoms with Crippen LogP contribution in [0, 0.1) is 0 Å². The normalized spacial score (nSPS) is 19.4. The van der Waals surface area contributed by atoms with Gasteiger partial charge in [0.1, 0.15) is 6.10 Å². The van der Waals surface area contributed by atoms with Crippen molar-refractivity contribution in [3.05, 3.63) is 29.3 Å². The summed E-state index contributed by atoms with van der Waals surface area (Å²) >= 11 is 7.55. The van der Waals surface area contributed by atoms with Crippen molar-refractivity contribution in [1.29, 1.82) is 0 Å². The fourth-order valence-electron chi connectivity index (χ4n) is 1.44. The van der Waals surface area contributed by atoms with E-state index in [1.165, 1.54) is 0 Å². The van der Waals surface area contributed by atoms with Crippen molar-refractivity contribution < 1.29 is 9.53 Å².